The summed E-state index contributed by atoms with van der Waals surface area (Å²) < 4.78 is 5.16. The fourth-order valence-corrected chi connectivity index (χ4v) is 2.23. The first-order valence-electron chi connectivity index (χ1n) is 7.55. The highest BCUT2D eigenvalue weighted by molar-refractivity contribution is 5.91. The molecule has 122 valence electrons. The van der Waals surface area contributed by atoms with Crippen molar-refractivity contribution in [2.45, 2.75) is 19.8 Å². The highest BCUT2D eigenvalue weighted by Gasteiger charge is 2.13. The van der Waals surface area contributed by atoms with Crippen LogP contribution in [-0.4, -0.2) is 21.0 Å². The van der Waals surface area contributed by atoms with E-state index in [0.717, 1.165) is 5.69 Å². The average Bonchev–Trinajstić information content (AvgIpc) is 3.03. The topological polar surface area (TPSA) is 101 Å². The van der Waals surface area contributed by atoms with Gasteiger partial charge in [-0.2, -0.15) is 4.98 Å². The molecule has 7 heteroatoms. The number of benzene rings is 1. The minimum atomic E-state index is -0.242. The number of pyridine rings is 1. The lowest BCUT2D eigenvalue weighted by Crippen LogP contribution is -2.15. The molecule has 0 aliphatic rings. The van der Waals surface area contributed by atoms with Crippen LogP contribution < -0.4 is 10.9 Å². The number of nitrogens with zero attached hydrogens (tertiary/aromatic N) is 2. The zero-order chi connectivity index (χ0) is 16.9. The van der Waals surface area contributed by atoms with Crippen LogP contribution in [0.1, 0.15) is 18.4 Å². The van der Waals surface area contributed by atoms with Crippen LogP contribution in [0.2, 0.25) is 0 Å². The van der Waals surface area contributed by atoms with Crippen molar-refractivity contribution in [1.29, 1.82) is 0 Å². The van der Waals surface area contributed by atoms with Crippen LogP contribution in [0.25, 0.3) is 11.5 Å². The van der Waals surface area contributed by atoms with Crippen LogP contribution in [0.3, 0.4) is 0 Å². The third kappa shape index (κ3) is 3.75. The number of aromatic amines is 1. The second-order valence-electron chi connectivity index (χ2n) is 5.22. The number of aryl methyl sites for hydroxylation is 1. The Morgan fingerprint density at radius 1 is 1.25 bits per heavy atom. The smallest absolute Gasteiger partial charge is 0.258 e. The summed E-state index contributed by atoms with van der Waals surface area (Å²) in [4.78, 5) is 30.5. The Bertz CT molecular complexity index is 899. The Morgan fingerprint density at radius 3 is 2.79 bits per heavy atom. The summed E-state index contributed by atoms with van der Waals surface area (Å²) in [6.07, 6.45) is 0.672. The van der Waals surface area contributed by atoms with Gasteiger partial charge in [0, 0.05) is 23.0 Å². The number of anilines is 1. The highest BCUT2D eigenvalue weighted by Crippen LogP contribution is 2.16. The van der Waals surface area contributed by atoms with Gasteiger partial charge < -0.3 is 14.8 Å². The van der Waals surface area contributed by atoms with Gasteiger partial charge in [-0.25, -0.2) is 0 Å². The van der Waals surface area contributed by atoms with Gasteiger partial charge in [0.15, 0.2) is 5.82 Å². The molecule has 0 radical (unpaired) electrons. The Balaban J connectivity index is 1.73. The van der Waals surface area contributed by atoms with Crippen LogP contribution in [-0.2, 0) is 17.6 Å². The number of aromatic nitrogens is 3. The van der Waals surface area contributed by atoms with Crippen LogP contribution in [0.4, 0.5) is 5.69 Å². The summed E-state index contributed by atoms with van der Waals surface area (Å²) in [7, 11) is 0. The van der Waals surface area contributed by atoms with Crippen molar-refractivity contribution in [3.05, 3.63) is 64.3 Å². The van der Waals surface area contributed by atoms with Crippen LogP contribution in [0, 0.1) is 0 Å². The standard InChI is InChI=1S/C17H16N4O3/c1-2-12-8-11(9-15(22)18-12)17-20-14(21-24-17)10-16(23)19-13-6-4-3-5-7-13/h3-9H,2,10H2,1H3,(H,18,22)(H,19,23). The molecule has 3 aromatic rings. The van der Waals surface area contributed by atoms with Crippen LogP contribution in [0.5, 0.6) is 0 Å². The summed E-state index contributed by atoms with van der Waals surface area (Å²) in [5, 5.41) is 6.55. The van der Waals surface area contributed by atoms with E-state index in [4.69, 9.17) is 4.52 Å². The molecule has 2 aromatic heterocycles. The fourth-order valence-electron chi connectivity index (χ4n) is 2.23. The van der Waals surface area contributed by atoms with Crippen LogP contribution >= 0.6 is 0 Å². The Hall–Kier alpha value is -3.22. The molecule has 0 aliphatic carbocycles. The fraction of sp³-hybridized carbons (Fsp3) is 0.176. The molecule has 0 saturated heterocycles. The van der Waals surface area contributed by atoms with Gasteiger partial charge in [-0.3, -0.25) is 9.59 Å². The quantitative estimate of drug-likeness (QED) is 0.749. The van der Waals surface area contributed by atoms with E-state index in [2.05, 4.69) is 20.4 Å². The van der Waals surface area contributed by atoms with Gasteiger partial charge in [-0.05, 0) is 24.6 Å². The first kappa shape index (κ1) is 15.7. The number of hydrogen-bond donors (Lipinski definition) is 2. The maximum absolute atomic E-state index is 12.0. The van der Waals surface area contributed by atoms with Gasteiger partial charge in [0.1, 0.15) is 0 Å². The van der Waals surface area contributed by atoms with E-state index in [1.165, 1.54) is 6.07 Å². The van der Waals surface area contributed by atoms with E-state index >= 15 is 0 Å². The molecule has 2 N–H and O–H groups in total. The predicted molar refractivity (Wildman–Crippen MR) is 88.5 cm³/mol. The first-order valence-corrected chi connectivity index (χ1v) is 7.55. The van der Waals surface area contributed by atoms with Gasteiger partial charge in [-0.1, -0.05) is 30.3 Å². The highest BCUT2D eigenvalue weighted by atomic mass is 16.5. The average molecular weight is 324 g/mol. The predicted octanol–water partition coefficient (Wildman–Crippen LogP) is 2.17. The summed E-state index contributed by atoms with van der Waals surface area (Å²) in [6, 6.07) is 12.3. The van der Waals surface area contributed by atoms with Gasteiger partial charge in [0.25, 0.3) is 5.89 Å². The summed E-state index contributed by atoms with van der Waals surface area (Å²) in [6.45, 7) is 1.93. The number of hydrogen-bond acceptors (Lipinski definition) is 5. The van der Waals surface area contributed by atoms with Gasteiger partial charge in [0.2, 0.25) is 11.5 Å². The largest absolute Gasteiger partial charge is 0.334 e. The zero-order valence-corrected chi connectivity index (χ0v) is 13.1. The summed E-state index contributed by atoms with van der Waals surface area (Å²) >= 11 is 0. The van der Waals surface area contributed by atoms with Gasteiger partial charge in [0.05, 0.1) is 6.42 Å². The SMILES string of the molecule is CCc1cc(-c2nc(CC(=O)Nc3ccccc3)no2)cc(=O)[nH]1. The zero-order valence-electron chi connectivity index (χ0n) is 13.1. The van der Waals surface area contributed by atoms with Gasteiger partial charge in [-0.15, -0.1) is 0 Å². The molecule has 0 fully saturated rings. The molecule has 0 saturated carbocycles. The second-order valence-corrected chi connectivity index (χ2v) is 5.22. The van der Waals surface area contributed by atoms with Gasteiger partial charge >= 0.3 is 0 Å². The molecule has 1 aromatic carbocycles. The van der Waals surface area contributed by atoms with E-state index < -0.39 is 0 Å². The monoisotopic (exact) mass is 324 g/mol. The lowest BCUT2D eigenvalue weighted by Gasteiger charge is -2.02. The minimum absolute atomic E-state index is 0.0117. The Kier molecular flexibility index (Phi) is 4.51. The maximum Gasteiger partial charge on any atom is 0.258 e. The molecule has 0 atom stereocenters. The first-order chi connectivity index (χ1) is 11.6. The van der Waals surface area contributed by atoms with Crippen molar-refractivity contribution in [2.75, 3.05) is 5.32 Å². The lowest BCUT2D eigenvalue weighted by atomic mass is 10.2. The molecular formula is C17H16N4O3. The minimum Gasteiger partial charge on any atom is -0.334 e. The van der Waals surface area contributed by atoms with E-state index in [9.17, 15) is 9.59 Å². The molecule has 24 heavy (non-hydrogen) atoms. The molecule has 2 heterocycles. The molecule has 7 nitrogen and oxygen atoms in total. The number of H-pyrrole nitrogens is 1. The Labute approximate surface area is 137 Å². The van der Waals surface area contributed by atoms with Crippen molar-refractivity contribution in [1.82, 2.24) is 15.1 Å². The number of amides is 1. The molecular weight excluding hydrogens is 308 g/mol. The number of nitrogens with one attached hydrogen (secondary N) is 2. The number of para-hydroxylation sites is 1. The third-order valence-corrected chi connectivity index (χ3v) is 3.37. The number of carbonyl (C=O) groups excluding carboxylic acids is 1. The molecule has 0 bridgehead atoms. The van der Waals surface area contributed by atoms with E-state index in [1.807, 2.05) is 25.1 Å². The number of rotatable bonds is 5. The third-order valence-electron chi connectivity index (χ3n) is 3.37. The van der Waals surface area contributed by atoms with Crippen molar-refractivity contribution in [3.8, 4) is 11.5 Å². The van der Waals surface area contributed by atoms with Crippen molar-refractivity contribution in [3.63, 3.8) is 0 Å². The van der Waals surface area contributed by atoms with Crippen molar-refractivity contribution in [2.24, 2.45) is 0 Å². The van der Waals surface area contributed by atoms with E-state index in [-0.39, 0.29) is 29.6 Å². The summed E-state index contributed by atoms with van der Waals surface area (Å²) in [5.41, 5.74) is 1.79. The van der Waals surface area contributed by atoms with E-state index in [1.54, 1.807) is 18.2 Å². The van der Waals surface area contributed by atoms with Crippen molar-refractivity contribution < 1.29 is 9.32 Å². The lowest BCUT2D eigenvalue weighted by molar-refractivity contribution is -0.115. The Morgan fingerprint density at radius 2 is 2.04 bits per heavy atom. The molecule has 3 rings (SSSR count). The number of carbonyl (C=O) groups is 1. The second kappa shape index (κ2) is 6.91. The van der Waals surface area contributed by atoms with E-state index in [0.29, 0.717) is 17.7 Å². The van der Waals surface area contributed by atoms with Crippen molar-refractivity contribution >= 4 is 11.6 Å². The molecule has 0 unspecified atom stereocenters. The summed E-state index contributed by atoms with van der Waals surface area (Å²) in [5.74, 6) is 0.240. The molecule has 1 amide bonds. The normalized spacial score (nSPS) is 10.5. The molecule has 0 aliphatic heterocycles. The molecule has 0 spiro atoms. The van der Waals surface area contributed by atoms with Crippen LogP contribution in [0.15, 0.2) is 51.8 Å². The maximum atomic E-state index is 12.0.